The second-order valence-electron chi connectivity index (χ2n) is 5.23. The van der Waals surface area contributed by atoms with Crippen molar-refractivity contribution in [2.75, 3.05) is 20.3 Å². The van der Waals surface area contributed by atoms with Crippen molar-refractivity contribution in [1.29, 1.82) is 0 Å². The summed E-state index contributed by atoms with van der Waals surface area (Å²) in [6.45, 7) is 3.41. The van der Waals surface area contributed by atoms with Gasteiger partial charge in [-0.15, -0.1) is 0 Å². The molecule has 1 aromatic carbocycles. The topological polar surface area (TPSA) is 78.8 Å². The summed E-state index contributed by atoms with van der Waals surface area (Å²) in [4.78, 5) is 10.6. The molecule has 0 spiro atoms. The van der Waals surface area contributed by atoms with Crippen molar-refractivity contribution >= 4 is 5.97 Å². The standard InChI is InChI=1S/C15H23NO4/c1-15(19,7-8-20-2)11-16-10-13-5-3-12(4-6-13)9-14(17)18/h3-6,16,19H,7-11H2,1-2H3,(H,17,18). The molecule has 1 atom stereocenters. The zero-order valence-corrected chi connectivity index (χ0v) is 12.1. The van der Waals surface area contributed by atoms with Crippen molar-refractivity contribution in [2.24, 2.45) is 0 Å². The highest BCUT2D eigenvalue weighted by molar-refractivity contribution is 5.70. The Labute approximate surface area is 119 Å². The Morgan fingerprint density at radius 2 is 1.90 bits per heavy atom. The van der Waals surface area contributed by atoms with Gasteiger partial charge >= 0.3 is 5.97 Å². The molecule has 1 unspecified atom stereocenters. The van der Waals surface area contributed by atoms with E-state index in [9.17, 15) is 9.90 Å². The lowest BCUT2D eigenvalue weighted by Gasteiger charge is -2.23. The SMILES string of the molecule is COCCC(C)(O)CNCc1ccc(CC(=O)O)cc1. The van der Waals surface area contributed by atoms with E-state index in [4.69, 9.17) is 9.84 Å². The smallest absolute Gasteiger partial charge is 0.307 e. The second-order valence-corrected chi connectivity index (χ2v) is 5.23. The first-order chi connectivity index (χ1) is 9.43. The summed E-state index contributed by atoms with van der Waals surface area (Å²) in [5, 5.41) is 21.9. The number of aliphatic carboxylic acids is 1. The summed E-state index contributed by atoms with van der Waals surface area (Å²) in [6.07, 6.45) is 0.619. The van der Waals surface area contributed by atoms with E-state index in [0.29, 0.717) is 26.1 Å². The van der Waals surface area contributed by atoms with Crippen LogP contribution in [0.15, 0.2) is 24.3 Å². The third kappa shape index (κ3) is 6.65. The molecule has 0 aromatic heterocycles. The van der Waals surface area contributed by atoms with Gasteiger partial charge in [0.25, 0.3) is 0 Å². The van der Waals surface area contributed by atoms with Crippen molar-refractivity contribution in [1.82, 2.24) is 5.32 Å². The predicted molar refractivity (Wildman–Crippen MR) is 76.6 cm³/mol. The summed E-state index contributed by atoms with van der Waals surface area (Å²) in [6, 6.07) is 7.42. The highest BCUT2D eigenvalue weighted by Crippen LogP contribution is 2.09. The monoisotopic (exact) mass is 281 g/mol. The van der Waals surface area contributed by atoms with Gasteiger partial charge in [-0.25, -0.2) is 0 Å². The van der Waals surface area contributed by atoms with E-state index in [0.717, 1.165) is 11.1 Å². The number of hydrogen-bond donors (Lipinski definition) is 3. The normalized spacial score (nSPS) is 13.9. The molecule has 0 aliphatic carbocycles. The Bertz CT molecular complexity index is 414. The molecule has 5 heteroatoms. The lowest BCUT2D eigenvalue weighted by atomic mass is 10.0. The van der Waals surface area contributed by atoms with E-state index in [-0.39, 0.29) is 6.42 Å². The zero-order chi connectivity index (χ0) is 15.0. The van der Waals surface area contributed by atoms with Crippen LogP contribution in [0.1, 0.15) is 24.5 Å². The van der Waals surface area contributed by atoms with Gasteiger partial charge < -0.3 is 20.3 Å². The van der Waals surface area contributed by atoms with Crippen LogP contribution in [0, 0.1) is 0 Å². The van der Waals surface area contributed by atoms with E-state index in [1.807, 2.05) is 24.3 Å². The number of carboxylic acid groups (broad SMARTS) is 1. The maximum Gasteiger partial charge on any atom is 0.307 e. The van der Waals surface area contributed by atoms with Crippen LogP contribution in [-0.2, 0) is 22.5 Å². The average Bonchev–Trinajstić information content (AvgIpc) is 2.38. The van der Waals surface area contributed by atoms with Crippen molar-refractivity contribution in [3.63, 3.8) is 0 Å². The van der Waals surface area contributed by atoms with Gasteiger partial charge in [0, 0.05) is 33.2 Å². The Balaban J connectivity index is 2.36. The molecule has 5 nitrogen and oxygen atoms in total. The minimum absolute atomic E-state index is 0.0411. The largest absolute Gasteiger partial charge is 0.481 e. The van der Waals surface area contributed by atoms with Gasteiger partial charge in [0.1, 0.15) is 0 Å². The molecule has 0 radical (unpaired) electrons. The third-order valence-corrected chi connectivity index (χ3v) is 3.06. The fraction of sp³-hybridized carbons (Fsp3) is 0.533. The van der Waals surface area contributed by atoms with Crippen molar-refractivity contribution in [3.05, 3.63) is 35.4 Å². The Morgan fingerprint density at radius 3 is 2.45 bits per heavy atom. The van der Waals surface area contributed by atoms with Crippen LogP contribution in [0.25, 0.3) is 0 Å². The van der Waals surface area contributed by atoms with Crippen LogP contribution in [0.5, 0.6) is 0 Å². The molecule has 112 valence electrons. The summed E-state index contributed by atoms with van der Waals surface area (Å²) < 4.78 is 4.95. The first kappa shape index (κ1) is 16.6. The molecule has 0 heterocycles. The van der Waals surface area contributed by atoms with Crippen LogP contribution in [0.4, 0.5) is 0 Å². The van der Waals surface area contributed by atoms with Crippen molar-refractivity contribution in [3.8, 4) is 0 Å². The van der Waals surface area contributed by atoms with E-state index in [1.54, 1.807) is 14.0 Å². The number of carboxylic acids is 1. The highest BCUT2D eigenvalue weighted by Gasteiger charge is 2.18. The zero-order valence-electron chi connectivity index (χ0n) is 12.1. The molecular formula is C15H23NO4. The minimum atomic E-state index is -0.829. The van der Waals surface area contributed by atoms with Crippen LogP contribution < -0.4 is 5.32 Å². The lowest BCUT2D eigenvalue weighted by molar-refractivity contribution is -0.136. The number of methoxy groups -OCH3 is 1. The highest BCUT2D eigenvalue weighted by atomic mass is 16.5. The van der Waals surface area contributed by atoms with Crippen LogP contribution in [0.3, 0.4) is 0 Å². The molecule has 0 aliphatic heterocycles. The number of carbonyl (C=O) groups is 1. The molecule has 0 saturated heterocycles. The van der Waals surface area contributed by atoms with Crippen molar-refractivity contribution in [2.45, 2.75) is 31.9 Å². The van der Waals surface area contributed by atoms with E-state index >= 15 is 0 Å². The first-order valence-corrected chi connectivity index (χ1v) is 6.64. The van der Waals surface area contributed by atoms with Gasteiger partial charge in [0.05, 0.1) is 12.0 Å². The molecule has 20 heavy (non-hydrogen) atoms. The molecule has 0 saturated carbocycles. The number of nitrogens with one attached hydrogen (secondary N) is 1. The number of ether oxygens (including phenoxy) is 1. The number of benzene rings is 1. The number of rotatable bonds is 9. The Morgan fingerprint density at radius 1 is 1.30 bits per heavy atom. The number of aliphatic hydroxyl groups is 1. The first-order valence-electron chi connectivity index (χ1n) is 6.64. The average molecular weight is 281 g/mol. The Kier molecular flexibility index (Phi) is 6.64. The third-order valence-electron chi connectivity index (χ3n) is 3.06. The molecule has 0 aliphatic rings. The summed E-state index contributed by atoms with van der Waals surface area (Å²) in [5.41, 5.74) is 1.05. The minimum Gasteiger partial charge on any atom is -0.481 e. The van der Waals surface area contributed by atoms with Gasteiger partial charge in [-0.1, -0.05) is 24.3 Å². The van der Waals surface area contributed by atoms with Gasteiger partial charge in [-0.05, 0) is 18.1 Å². The van der Waals surface area contributed by atoms with Crippen molar-refractivity contribution < 1.29 is 19.7 Å². The van der Waals surface area contributed by atoms with E-state index < -0.39 is 11.6 Å². The van der Waals surface area contributed by atoms with Gasteiger partial charge in [0.15, 0.2) is 0 Å². The Hall–Kier alpha value is -1.43. The van der Waals surface area contributed by atoms with E-state index in [2.05, 4.69) is 5.32 Å². The fourth-order valence-corrected chi connectivity index (χ4v) is 1.84. The molecule has 1 aromatic rings. The molecular weight excluding hydrogens is 258 g/mol. The quantitative estimate of drug-likeness (QED) is 0.633. The summed E-state index contributed by atoms with van der Waals surface area (Å²) in [5.74, 6) is -0.829. The number of hydrogen-bond acceptors (Lipinski definition) is 4. The molecule has 0 amide bonds. The lowest BCUT2D eigenvalue weighted by Crippen LogP contribution is -2.38. The predicted octanol–water partition coefficient (Wildman–Crippen LogP) is 1.19. The second kappa shape index (κ2) is 7.99. The van der Waals surface area contributed by atoms with E-state index in [1.165, 1.54) is 0 Å². The van der Waals surface area contributed by atoms with Gasteiger partial charge in [0.2, 0.25) is 0 Å². The van der Waals surface area contributed by atoms with Crippen LogP contribution in [0.2, 0.25) is 0 Å². The maximum atomic E-state index is 10.6. The molecule has 1 rings (SSSR count). The summed E-state index contributed by atoms with van der Waals surface area (Å²) in [7, 11) is 1.61. The van der Waals surface area contributed by atoms with Gasteiger partial charge in [-0.3, -0.25) is 4.79 Å². The fourth-order valence-electron chi connectivity index (χ4n) is 1.84. The molecule has 3 N–H and O–H groups in total. The van der Waals surface area contributed by atoms with Crippen LogP contribution in [-0.4, -0.2) is 42.0 Å². The molecule has 0 bridgehead atoms. The maximum absolute atomic E-state index is 10.6. The summed E-state index contributed by atoms with van der Waals surface area (Å²) >= 11 is 0. The van der Waals surface area contributed by atoms with Gasteiger partial charge in [-0.2, -0.15) is 0 Å². The molecule has 0 fully saturated rings. The van der Waals surface area contributed by atoms with Crippen LogP contribution >= 0.6 is 0 Å².